The quantitative estimate of drug-likeness (QED) is 0.852. The summed E-state index contributed by atoms with van der Waals surface area (Å²) < 4.78 is 1.84. The second-order valence-corrected chi connectivity index (χ2v) is 5.49. The van der Waals surface area contributed by atoms with E-state index >= 15 is 0 Å². The zero-order valence-electron chi connectivity index (χ0n) is 9.96. The molecule has 0 unspecified atom stereocenters. The van der Waals surface area contributed by atoms with E-state index in [-0.39, 0.29) is 0 Å². The first-order chi connectivity index (χ1) is 8.60. The maximum Gasteiger partial charge on any atom is 0.224 e. The van der Waals surface area contributed by atoms with Gasteiger partial charge in [-0.25, -0.2) is 4.98 Å². The van der Waals surface area contributed by atoms with Gasteiger partial charge in [0, 0.05) is 23.4 Å². The molecule has 0 radical (unpaired) electrons. The van der Waals surface area contributed by atoms with Gasteiger partial charge in [-0.2, -0.15) is 4.98 Å². The van der Waals surface area contributed by atoms with Crippen LogP contribution in [0.3, 0.4) is 0 Å². The van der Waals surface area contributed by atoms with Crippen LogP contribution in [0.1, 0.15) is 5.56 Å². The summed E-state index contributed by atoms with van der Waals surface area (Å²) in [6.45, 7) is 2.04. The Morgan fingerprint density at radius 2 is 2.00 bits per heavy atom. The number of hydrogen-bond donors (Lipinski definition) is 2. The molecule has 2 N–H and O–H groups in total. The third kappa shape index (κ3) is 3.00. The minimum atomic E-state index is 0.577. The van der Waals surface area contributed by atoms with Gasteiger partial charge in [-0.05, 0) is 40.5 Å². The lowest BCUT2D eigenvalue weighted by atomic mass is 10.2. The number of halogens is 2. The van der Waals surface area contributed by atoms with E-state index in [0.717, 1.165) is 26.0 Å². The monoisotopic (exact) mass is 370 g/mol. The van der Waals surface area contributed by atoms with Crippen molar-refractivity contribution in [1.29, 1.82) is 0 Å². The molecule has 0 spiro atoms. The molecule has 0 saturated heterocycles. The van der Waals surface area contributed by atoms with Crippen LogP contribution in [0, 0.1) is 6.92 Å². The Morgan fingerprint density at radius 1 is 1.22 bits per heavy atom. The van der Waals surface area contributed by atoms with Gasteiger partial charge in [0.25, 0.3) is 0 Å². The summed E-state index contributed by atoms with van der Waals surface area (Å²) in [7, 11) is 1.79. The van der Waals surface area contributed by atoms with Crippen LogP contribution in [0.25, 0.3) is 0 Å². The van der Waals surface area contributed by atoms with E-state index < -0.39 is 0 Å². The Labute approximate surface area is 122 Å². The zero-order chi connectivity index (χ0) is 13.1. The standard InChI is InChI=1S/C12H12Br2N4/c1-7-3-4-8(13)5-10(7)17-11-9(14)6-16-12(15-2)18-11/h3-6H,1-2H3,(H2,15,16,17,18). The number of hydrogen-bond acceptors (Lipinski definition) is 4. The summed E-state index contributed by atoms with van der Waals surface area (Å²) >= 11 is 6.89. The predicted molar refractivity (Wildman–Crippen MR) is 81.4 cm³/mol. The number of rotatable bonds is 3. The fourth-order valence-electron chi connectivity index (χ4n) is 1.43. The molecule has 0 fully saturated rings. The lowest BCUT2D eigenvalue weighted by Gasteiger charge is -2.11. The van der Waals surface area contributed by atoms with Crippen LogP contribution in [0.15, 0.2) is 33.3 Å². The molecule has 0 aliphatic rings. The molecule has 2 rings (SSSR count). The largest absolute Gasteiger partial charge is 0.357 e. The highest BCUT2D eigenvalue weighted by atomic mass is 79.9. The van der Waals surface area contributed by atoms with Crippen molar-refractivity contribution < 1.29 is 0 Å². The van der Waals surface area contributed by atoms with Crippen LogP contribution in [0.4, 0.5) is 17.5 Å². The van der Waals surface area contributed by atoms with Gasteiger partial charge in [0.05, 0.1) is 4.47 Å². The smallest absolute Gasteiger partial charge is 0.224 e. The number of aryl methyl sites for hydroxylation is 1. The summed E-state index contributed by atoms with van der Waals surface area (Å²) in [6, 6.07) is 6.07. The molecule has 0 amide bonds. The van der Waals surface area contributed by atoms with E-state index in [1.54, 1.807) is 13.2 Å². The molecule has 0 saturated carbocycles. The van der Waals surface area contributed by atoms with Crippen molar-refractivity contribution in [1.82, 2.24) is 9.97 Å². The molecule has 0 atom stereocenters. The Morgan fingerprint density at radius 3 is 2.72 bits per heavy atom. The van der Waals surface area contributed by atoms with E-state index in [1.165, 1.54) is 0 Å². The van der Waals surface area contributed by atoms with E-state index in [0.29, 0.717) is 5.95 Å². The lowest BCUT2D eigenvalue weighted by Crippen LogP contribution is -2.02. The number of aromatic nitrogens is 2. The zero-order valence-corrected chi connectivity index (χ0v) is 13.1. The van der Waals surface area contributed by atoms with Crippen molar-refractivity contribution in [3.05, 3.63) is 38.9 Å². The van der Waals surface area contributed by atoms with Gasteiger partial charge in [0.2, 0.25) is 5.95 Å². The van der Waals surface area contributed by atoms with Gasteiger partial charge in [-0.3, -0.25) is 0 Å². The highest BCUT2D eigenvalue weighted by Gasteiger charge is 2.06. The first kappa shape index (κ1) is 13.3. The summed E-state index contributed by atoms with van der Waals surface area (Å²) in [4.78, 5) is 8.48. The molecule has 0 aliphatic carbocycles. The third-order valence-corrected chi connectivity index (χ3v) is 3.49. The Hall–Kier alpha value is -1.14. The van der Waals surface area contributed by atoms with Crippen molar-refractivity contribution in [2.24, 2.45) is 0 Å². The van der Waals surface area contributed by atoms with Gasteiger partial charge < -0.3 is 10.6 Å². The van der Waals surface area contributed by atoms with Gasteiger partial charge in [-0.1, -0.05) is 22.0 Å². The number of anilines is 3. The van der Waals surface area contributed by atoms with E-state index in [1.807, 2.05) is 25.1 Å². The average Bonchev–Trinajstić information content (AvgIpc) is 2.36. The molecule has 18 heavy (non-hydrogen) atoms. The fraction of sp³-hybridized carbons (Fsp3) is 0.167. The van der Waals surface area contributed by atoms with Crippen LogP contribution < -0.4 is 10.6 Å². The Balaban J connectivity index is 2.36. The average molecular weight is 372 g/mol. The molecular weight excluding hydrogens is 360 g/mol. The van der Waals surface area contributed by atoms with Crippen LogP contribution in [0.5, 0.6) is 0 Å². The van der Waals surface area contributed by atoms with Crippen molar-refractivity contribution in [3.63, 3.8) is 0 Å². The van der Waals surface area contributed by atoms with Crippen molar-refractivity contribution in [3.8, 4) is 0 Å². The molecule has 1 heterocycles. The molecule has 0 aliphatic heterocycles. The molecule has 0 bridgehead atoms. The minimum absolute atomic E-state index is 0.577. The molecular formula is C12H12Br2N4. The topological polar surface area (TPSA) is 49.8 Å². The predicted octanol–water partition coefficient (Wildman–Crippen LogP) is 4.10. The summed E-state index contributed by atoms with van der Waals surface area (Å²) in [5.41, 5.74) is 2.15. The second kappa shape index (κ2) is 5.67. The van der Waals surface area contributed by atoms with E-state index in [9.17, 15) is 0 Å². The third-order valence-electron chi connectivity index (χ3n) is 2.42. The number of benzene rings is 1. The van der Waals surface area contributed by atoms with E-state index in [2.05, 4.69) is 52.5 Å². The van der Waals surface area contributed by atoms with Gasteiger partial charge in [0.1, 0.15) is 5.82 Å². The van der Waals surface area contributed by atoms with Crippen LogP contribution in [-0.4, -0.2) is 17.0 Å². The SMILES string of the molecule is CNc1ncc(Br)c(Nc2cc(Br)ccc2C)n1. The molecule has 1 aromatic carbocycles. The van der Waals surface area contributed by atoms with Gasteiger partial charge >= 0.3 is 0 Å². The first-order valence-corrected chi connectivity index (χ1v) is 6.92. The number of nitrogens with one attached hydrogen (secondary N) is 2. The van der Waals surface area contributed by atoms with Gasteiger partial charge in [0.15, 0.2) is 0 Å². The van der Waals surface area contributed by atoms with Crippen LogP contribution in [0.2, 0.25) is 0 Å². The Kier molecular flexibility index (Phi) is 4.19. The lowest BCUT2D eigenvalue weighted by molar-refractivity contribution is 1.14. The van der Waals surface area contributed by atoms with E-state index in [4.69, 9.17) is 0 Å². The Bertz CT molecular complexity index is 572. The molecule has 6 heteroatoms. The maximum absolute atomic E-state index is 4.36. The van der Waals surface area contributed by atoms with Crippen molar-refractivity contribution in [2.75, 3.05) is 17.7 Å². The summed E-state index contributed by atoms with van der Waals surface area (Å²) in [5.74, 6) is 1.31. The van der Waals surface area contributed by atoms with Crippen molar-refractivity contribution in [2.45, 2.75) is 6.92 Å². The van der Waals surface area contributed by atoms with Gasteiger partial charge in [-0.15, -0.1) is 0 Å². The molecule has 94 valence electrons. The summed E-state index contributed by atoms with van der Waals surface area (Å²) in [5, 5.41) is 6.20. The first-order valence-electron chi connectivity index (χ1n) is 5.33. The highest BCUT2D eigenvalue weighted by molar-refractivity contribution is 9.10. The van der Waals surface area contributed by atoms with Crippen molar-refractivity contribution >= 4 is 49.3 Å². The number of nitrogens with zero attached hydrogens (tertiary/aromatic N) is 2. The maximum atomic E-state index is 4.36. The van der Waals surface area contributed by atoms with Crippen LogP contribution >= 0.6 is 31.9 Å². The molecule has 1 aromatic heterocycles. The molecule has 2 aromatic rings. The highest BCUT2D eigenvalue weighted by Crippen LogP contribution is 2.27. The normalized spacial score (nSPS) is 10.2. The minimum Gasteiger partial charge on any atom is -0.357 e. The second-order valence-electron chi connectivity index (χ2n) is 3.72. The van der Waals surface area contributed by atoms with Crippen LogP contribution in [-0.2, 0) is 0 Å². The molecule has 4 nitrogen and oxygen atoms in total. The summed E-state index contributed by atoms with van der Waals surface area (Å²) in [6.07, 6.45) is 1.72. The fourth-order valence-corrected chi connectivity index (χ4v) is 2.08.